The zero-order valence-electron chi connectivity index (χ0n) is 11.2. The van der Waals surface area contributed by atoms with Crippen molar-refractivity contribution >= 4 is 22.8 Å². The lowest BCUT2D eigenvalue weighted by Gasteiger charge is -2.08. The molecule has 6 nitrogen and oxygen atoms in total. The Labute approximate surface area is 121 Å². The smallest absolute Gasteiger partial charge is 0.255 e. The van der Waals surface area contributed by atoms with Gasteiger partial charge in [-0.25, -0.2) is 9.97 Å². The monoisotopic (exact) mass is 279 g/mol. The fourth-order valence-electron chi connectivity index (χ4n) is 1.98. The number of hydrogen-bond acceptors (Lipinski definition) is 5. The predicted molar refractivity (Wildman–Crippen MR) is 79.4 cm³/mol. The Morgan fingerprint density at radius 2 is 2.10 bits per heavy atom. The molecule has 0 aliphatic carbocycles. The maximum absolute atomic E-state index is 12.2. The number of nitrogen functional groups attached to an aromatic ring is 1. The van der Waals surface area contributed by atoms with Crippen molar-refractivity contribution in [2.45, 2.75) is 6.54 Å². The number of nitrogens with zero attached hydrogens (tertiary/aromatic N) is 3. The molecule has 0 spiro atoms. The van der Waals surface area contributed by atoms with Gasteiger partial charge in [0.2, 0.25) is 0 Å². The van der Waals surface area contributed by atoms with Crippen LogP contribution >= 0.6 is 0 Å². The van der Waals surface area contributed by atoms with Gasteiger partial charge in [-0.1, -0.05) is 6.07 Å². The number of anilines is 1. The van der Waals surface area contributed by atoms with Gasteiger partial charge in [-0.05, 0) is 29.8 Å². The lowest BCUT2D eigenvalue weighted by molar-refractivity contribution is 0.0951. The van der Waals surface area contributed by atoms with Gasteiger partial charge in [0.25, 0.3) is 5.91 Å². The van der Waals surface area contributed by atoms with Crippen LogP contribution in [0.25, 0.3) is 11.0 Å². The molecule has 0 aromatic carbocycles. The van der Waals surface area contributed by atoms with Crippen LogP contribution in [0.1, 0.15) is 15.9 Å². The number of pyridine rings is 3. The molecule has 1 amide bonds. The van der Waals surface area contributed by atoms with Crippen molar-refractivity contribution < 1.29 is 4.79 Å². The van der Waals surface area contributed by atoms with Crippen molar-refractivity contribution in [2.75, 3.05) is 5.73 Å². The number of amides is 1. The highest BCUT2D eigenvalue weighted by Crippen LogP contribution is 2.16. The molecular formula is C15H13N5O. The highest BCUT2D eigenvalue weighted by molar-refractivity contribution is 6.01. The van der Waals surface area contributed by atoms with Gasteiger partial charge in [0.15, 0.2) is 5.65 Å². The molecule has 3 heterocycles. The number of fused-ring (bicyclic) bond motifs is 1. The number of aromatic nitrogens is 3. The molecule has 0 fully saturated rings. The summed E-state index contributed by atoms with van der Waals surface area (Å²) in [7, 11) is 0. The molecule has 3 rings (SSSR count). The molecule has 21 heavy (non-hydrogen) atoms. The fourth-order valence-corrected chi connectivity index (χ4v) is 1.98. The first-order valence-corrected chi connectivity index (χ1v) is 6.42. The summed E-state index contributed by atoms with van der Waals surface area (Å²) in [5.74, 6) is -0.0977. The first-order valence-electron chi connectivity index (χ1n) is 6.42. The van der Waals surface area contributed by atoms with E-state index in [0.29, 0.717) is 17.8 Å². The van der Waals surface area contributed by atoms with Crippen LogP contribution < -0.4 is 11.1 Å². The van der Waals surface area contributed by atoms with E-state index in [4.69, 9.17) is 5.73 Å². The van der Waals surface area contributed by atoms with E-state index in [9.17, 15) is 4.79 Å². The second-order valence-electron chi connectivity index (χ2n) is 4.52. The third kappa shape index (κ3) is 2.79. The third-order valence-electron chi connectivity index (χ3n) is 3.04. The van der Waals surface area contributed by atoms with Crippen molar-refractivity contribution in [3.8, 4) is 0 Å². The van der Waals surface area contributed by atoms with Gasteiger partial charge in [0, 0.05) is 30.5 Å². The van der Waals surface area contributed by atoms with E-state index >= 15 is 0 Å². The van der Waals surface area contributed by atoms with Crippen molar-refractivity contribution in [1.82, 2.24) is 20.3 Å². The van der Waals surface area contributed by atoms with Gasteiger partial charge in [0.05, 0.1) is 5.56 Å². The van der Waals surface area contributed by atoms with Gasteiger partial charge in [0.1, 0.15) is 5.82 Å². The summed E-state index contributed by atoms with van der Waals surface area (Å²) < 4.78 is 0. The lowest BCUT2D eigenvalue weighted by atomic mass is 10.2. The van der Waals surface area contributed by atoms with Crippen LogP contribution in [0.3, 0.4) is 0 Å². The average molecular weight is 279 g/mol. The minimum atomic E-state index is -0.269. The van der Waals surface area contributed by atoms with Crippen LogP contribution in [-0.4, -0.2) is 20.9 Å². The Kier molecular flexibility index (Phi) is 3.42. The van der Waals surface area contributed by atoms with E-state index in [0.717, 1.165) is 10.9 Å². The third-order valence-corrected chi connectivity index (χ3v) is 3.04. The number of nitrogens with one attached hydrogen (secondary N) is 1. The molecular weight excluding hydrogens is 266 g/mol. The van der Waals surface area contributed by atoms with Crippen molar-refractivity contribution in [3.63, 3.8) is 0 Å². The number of hydrogen-bond donors (Lipinski definition) is 2. The summed E-state index contributed by atoms with van der Waals surface area (Å²) in [6.07, 6.45) is 5.02. The molecule has 3 aromatic heterocycles. The zero-order chi connectivity index (χ0) is 14.7. The van der Waals surface area contributed by atoms with Gasteiger partial charge >= 0.3 is 0 Å². The second kappa shape index (κ2) is 5.54. The van der Waals surface area contributed by atoms with Crippen molar-refractivity contribution in [1.29, 1.82) is 0 Å². The zero-order valence-corrected chi connectivity index (χ0v) is 11.2. The van der Waals surface area contributed by atoms with Crippen molar-refractivity contribution in [2.24, 2.45) is 0 Å². The number of carbonyl (C=O) groups excluding carboxylic acids is 1. The standard InChI is InChI=1S/C15H13N5O/c16-13-12(7-11-4-2-6-18-14(11)20-13)15(21)19-9-10-3-1-5-17-8-10/h1-8H,9H2,(H,19,21)(H2,16,18,20). The summed E-state index contributed by atoms with van der Waals surface area (Å²) in [6.45, 7) is 0.386. The summed E-state index contributed by atoms with van der Waals surface area (Å²) in [5.41, 5.74) is 7.62. The molecule has 0 aliphatic heterocycles. The Morgan fingerprint density at radius 3 is 2.90 bits per heavy atom. The van der Waals surface area contributed by atoms with E-state index in [1.807, 2.05) is 18.2 Å². The first kappa shape index (κ1) is 13.0. The maximum Gasteiger partial charge on any atom is 0.255 e. The molecule has 0 radical (unpaired) electrons. The Bertz CT molecular complexity index is 788. The van der Waals surface area contributed by atoms with Gasteiger partial charge in [-0.3, -0.25) is 9.78 Å². The fraction of sp³-hybridized carbons (Fsp3) is 0.0667. The number of rotatable bonds is 3. The lowest BCUT2D eigenvalue weighted by Crippen LogP contribution is -2.24. The molecule has 0 unspecified atom stereocenters. The largest absolute Gasteiger partial charge is 0.383 e. The van der Waals surface area contributed by atoms with E-state index in [1.165, 1.54) is 0 Å². The van der Waals surface area contributed by atoms with Gasteiger partial charge in [-0.15, -0.1) is 0 Å². The van der Waals surface area contributed by atoms with Gasteiger partial charge < -0.3 is 11.1 Å². The Hall–Kier alpha value is -3.02. The summed E-state index contributed by atoms with van der Waals surface area (Å²) >= 11 is 0. The van der Waals surface area contributed by atoms with Crippen LogP contribution in [0.15, 0.2) is 48.9 Å². The molecule has 0 bridgehead atoms. The summed E-state index contributed by atoms with van der Waals surface area (Å²) in [5, 5.41) is 3.58. The number of nitrogens with two attached hydrogens (primary N) is 1. The highest BCUT2D eigenvalue weighted by Gasteiger charge is 2.12. The van der Waals surface area contributed by atoms with E-state index in [-0.39, 0.29) is 11.7 Å². The Balaban J connectivity index is 1.82. The molecule has 0 aliphatic rings. The predicted octanol–water partition coefficient (Wildman–Crippen LogP) is 1.54. The molecule has 104 valence electrons. The topological polar surface area (TPSA) is 93.8 Å². The molecule has 3 N–H and O–H groups in total. The SMILES string of the molecule is Nc1nc2ncccc2cc1C(=O)NCc1cccnc1. The summed E-state index contributed by atoms with van der Waals surface area (Å²) in [4.78, 5) is 24.5. The van der Waals surface area contributed by atoms with E-state index in [2.05, 4.69) is 20.3 Å². The van der Waals surface area contributed by atoms with Crippen LogP contribution in [0.4, 0.5) is 5.82 Å². The van der Waals surface area contributed by atoms with E-state index in [1.54, 1.807) is 30.7 Å². The van der Waals surface area contributed by atoms with Gasteiger partial charge in [-0.2, -0.15) is 0 Å². The Morgan fingerprint density at radius 1 is 1.24 bits per heavy atom. The van der Waals surface area contributed by atoms with Crippen LogP contribution in [-0.2, 0) is 6.54 Å². The number of carbonyl (C=O) groups is 1. The molecule has 0 atom stereocenters. The minimum Gasteiger partial charge on any atom is -0.383 e. The van der Waals surface area contributed by atoms with Crippen LogP contribution in [0.5, 0.6) is 0 Å². The molecule has 0 saturated carbocycles. The molecule has 0 saturated heterocycles. The molecule has 3 aromatic rings. The average Bonchev–Trinajstić information content (AvgIpc) is 2.53. The second-order valence-corrected chi connectivity index (χ2v) is 4.52. The van der Waals surface area contributed by atoms with Crippen molar-refractivity contribution in [3.05, 3.63) is 60.0 Å². The quantitative estimate of drug-likeness (QED) is 0.758. The van der Waals surface area contributed by atoms with E-state index < -0.39 is 0 Å². The first-order chi connectivity index (χ1) is 10.2. The minimum absolute atomic E-state index is 0.171. The molecule has 6 heteroatoms. The highest BCUT2D eigenvalue weighted by atomic mass is 16.1. The maximum atomic E-state index is 12.2. The van der Waals surface area contributed by atoms with Crippen LogP contribution in [0.2, 0.25) is 0 Å². The van der Waals surface area contributed by atoms with Crippen LogP contribution in [0, 0.1) is 0 Å². The normalized spacial score (nSPS) is 10.5. The summed E-state index contributed by atoms with van der Waals surface area (Å²) in [6, 6.07) is 9.03.